The molecule has 0 N–H and O–H groups in total. The molecule has 0 fully saturated rings. The topological polar surface area (TPSA) is 6.48 Å². The summed E-state index contributed by atoms with van der Waals surface area (Å²) in [4.78, 5) is 5.31. The van der Waals surface area contributed by atoms with Gasteiger partial charge in [-0.05, 0) is 157 Å². The van der Waals surface area contributed by atoms with Gasteiger partial charge in [-0.2, -0.15) is 0 Å². The van der Waals surface area contributed by atoms with Crippen LogP contribution in [0.5, 0.6) is 0 Å². The van der Waals surface area contributed by atoms with Crippen molar-refractivity contribution in [1.82, 2.24) is 0 Å². The molecule has 3 aliphatic rings. The molecule has 2 nitrogen and oxygen atoms in total. The Kier molecular flexibility index (Phi) is 7.75. The maximum Gasteiger partial charge on any atom is 0.333 e. The maximum atomic E-state index is 2.68. The molecule has 4 heteroatoms. The monoisotopic (exact) mass is 826 g/mol. The van der Waals surface area contributed by atoms with Crippen molar-refractivity contribution in [3.05, 3.63) is 187 Å². The Balaban J connectivity index is 1.15. The number of fused-ring (bicyclic) bond motifs is 11. The quantitative estimate of drug-likeness (QED) is 0.164. The minimum absolute atomic E-state index is 0.0716. The zero-order valence-electron chi connectivity index (χ0n) is 36.5. The fourth-order valence-electron chi connectivity index (χ4n) is 11.6. The van der Waals surface area contributed by atoms with E-state index in [2.05, 4.69) is 214 Å². The average molecular weight is 827 g/mol. The lowest BCUT2D eigenvalue weighted by Crippen LogP contribution is -2.61. The fraction of sp³-hybridized carbons (Fsp3) is 0.153. The molecule has 302 valence electrons. The molecular formula is C59H47BN2S. The summed E-state index contributed by atoms with van der Waals surface area (Å²) < 4.78 is 2.66. The van der Waals surface area contributed by atoms with E-state index in [-0.39, 0.29) is 17.7 Å². The molecule has 9 aromatic carbocycles. The van der Waals surface area contributed by atoms with Crippen molar-refractivity contribution in [2.45, 2.75) is 58.3 Å². The Hall–Kier alpha value is -6.62. The van der Waals surface area contributed by atoms with Crippen LogP contribution in [0.1, 0.15) is 57.2 Å². The summed E-state index contributed by atoms with van der Waals surface area (Å²) in [5.74, 6) is 0. The molecule has 63 heavy (non-hydrogen) atoms. The van der Waals surface area contributed by atoms with E-state index in [4.69, 9.17) is 0 Å². The lowest BCUT2D eigenvalue weighted by Gasteiger charge is -2.47. The van der Waals surface area contributed by atoms with Crippen LogP contribution in [0.15, 0.2) is 170 Å². The van der Waals surface area contributed by atoms with Crippen LogP contribution in [0.3, 0.4) is 0 Å². The van der Waals surface area contributed by atoms with E-state index in [1.165, 1.54) is 133 Å². The second kappa shape index (κ2) is 13.2. The summed E-state index contributed by atoms with van der Waals surface area (Å²) >= 11 is 1.92. The van der Waals surface area contributed by atoms with Crippen molar-refractivity contribution < 1.29 is 0 Å². The van der Waals surface area contributed by atoms with Gasteiger partial charge >= 0.3 is 6.85 Å². The van der Waals surface area contributed by atoms with E-state index in [9.17, 15) is 0 Å². The van der Waals surface area contributed by atoms with E-state index in [0.29, 0.717) is 0 Å². The Morgan fingerprint density at radius 2 is 1.14 bits per heavy atom. The van der Waals surface area contributed by atoms with Gasteiger partial charge in [0.1, 0.15) is 0 Å². The number of rotatable bonds is 3. The number of hydrogen-bond donors (Lipinski definition) is 0. The van der Waals surface area contributed by atoms with Crippen LogP contribution in [0.4, 0.5) is 28.4 Å². The number of benzene rings is 9. The van der Waals surface area contributed by atoms with Crippen LogP contribution >= 0.6 is 11.3 Å². The van der Waals surface area contributed by atoms with Crippen LogP contribution in [0.2, 0.25) is 0 Å². The van der Waals surface area contributed by atoms with E-state index in [1.54, 1.807) is 0 Å². The van der Waals surface area contributed by atoms with Crippen LogP contribution in [-0.2, 0) is 10.8 Å². The Morgan fingerprint density at radius 1 is 0.508 bits per heavy atom. The fourth-order valence-corrected chi connectivity index (χ4v) is 12.7. The van der Waals surface area contributed by atoms with Gasteiger partial charge in [0.25, 0.3) is 0 Å². The molecule has 0 unspecified atom stereocenters. The first-order valence-corrected chi connectivity index (χ1v) is 23.4. The van der Waals surface area contributed by atoms with Crippen LogP contribution < -0.4 is 20.6 Å². The lowest BCUT2D eigenvalue weighted by atomic mass is 9.43. The van der Waals surface area contributed by atoms with Crippen molar-refractivity contribution in [2.75, 3.05) is 9.71 Å². The van der Waals surface area contributed by atoms with Crippen molar-refractivity contribution in [2.24, 2.45) is 0 Å². The molecule has 2 aliphatic heterocycles. The second-order valence-corrected chi connectivity index (χ2v) is 20.7. The Labute approximate surface area is 374 Å². The van der Waals surface area contributed by atoms with Crippen molar-refractivity contribution in [3.63, 3.8) is 0 Å². The molecule has 1 aromatic heterocycles. The first kappa shape index (κ1) is 37.0. The Morgan fingerprint density at radius 3 is 1.89 bits per heavy atom. The third kappa shape index (κ3) is 5.44. The average Bonchev–Trinajstić information content (AvgIpc) is 3.66. The molecular weight excluding hydrogens is 780 g/mol. The van der Waals surface area contributed by atoms with Gasteiger partial charge in [-0.25, -0.2) is 0 Å². The highest BCUT2D eigenvalue weighted by atomic mass is 32.1. The van der Waals surface area contributed by atoms with Crippen LogP contribution in [-0.4, -0.2) is 6.85 Å². The molecule has 10 aromatic rings. The molecule has 1 aliphatic carbocycles. The lowest BCUT2D eigenvalue weighted by molar-refractivity contribution is 0.332. The van der Waals surface area contributed by atoms with E-state index < -0.39 is 0 Å². The summed E-state index contributed by atoms with van der Waals surface area (Å²) in [6.07, 6.45) is 2.37. The molecule has 3 heterocycles. The largest absolute Gasteiger partial charge is 0.376 e. The van der Waals surface area contributed by atoms with Crippen molar-refractivity contribution in [1.29, 1.82) is 0 Å². The normalized spacial score (nSPS) is 15.7. The zero-order valence-corrected chi connectivity index (χ0v) is 37.3. The van der Waals surface area contributed by atoms with Gasteiger partial charge in [0.15, 0.2) is 0 Å². The van der Waals surface area contributed by atoms with Gasteiger partial charge in [0.2, 0.25) is 0 Å². The Bertz CT molecular complexity index is 3540. The summed E-state index contributed by atoms with van der Waals surface area (Å²) in [7, 11) is 0. The number of anilines is 5. The minimum Gasteiger partial charge on any atom is -0.376 e. The third-order valence-electron chi connectivity index (χ3n) is 14.9. The third-order valence-corrected chi connectivity index (χ3v) is 16.0. The van der Waals surface area contributed by atoms with Gasteiger partial charge in [-0.15, -0.1) is 11.3 Å². The zero-order chi connectivity index (χ0) is 42.4. The molecule has 0 amide bonds. The van der Waals surface area contributed by atoms with Gasteiger partial charge in [0, 0.05) is 54.2 Å². The molecule has 0 bridgehead atoms. The van der Waals surface area contributed by atoms with E-state index in [1.807, 2.05) is 11.3 Å². The summed E-state index contributed by atoms with van der Waals surface area (Å²) in [5.41, 5.74) is 18.4. The van der Waals surface area contributed by atoms with Crippen molar-refractivity contribution >= 4 is 99.3 Å². The molecule has 0 radical (unpaired) electrons. The van der Waals surface area contributed by atoms with Gasteiger partial charge in [0.05, 0.1) is 0 Å². The smallest absolute Gasteiger partial charge is 0.333 e. The molecule has 13 rings (SSSR count). The molecule has 0 saturated carbocycles. The number of nitrogens with zero attached hydrogens (tertiary/aromatic N) is 2. The maximum absolute atomic E-state index is 2.68. The number of hydrogen-bond acceptors (Lipinski definition) is 3. The summed E-state index contributed by atoms with van der Waals surface area (Å²) in [6.45, 7) is 12.0. The first-order valence-electron chi connectivity index (χ1n) is 22.6. The highest BCUT2D eigenvalue weighted by molar-refractivity contribution is 7.26. The number of aryl methyl sites for hydroxylation is 1. The summed E-state index contributed by atoms with van der Waals surface area (Å²) in [6, 6.07) is 64.9. The van der Waals surface area contributed by atoms with Gasteiger partial charge < -0.3 is 9.71 Å². The van der Waals surface area contributed by atoms with E-state index in [0.717, 1.165) is 0 Å². The van der Waals surface area contributed by atoms with Gasteiger partial charge in [-0.1, -0.05) is 137 Å². The first-order chi connectivity index (χ1) is 30.6. The molecule has 0 atom stereocenters. The SMILES string of the molecule is Cc1cc2c3c(c1)N(c1ccc4c(c1)C(C)(C)CCC4(C)C)c1cc4ccccc4cc1B3N(c1ccc(-c3ccccc3)cc1)c1ccc3sc4cc5ccccc5cc4c3c1-2. The predicted molar refractivity (Wildman–Crippen MR) is 274 cm³/mol. The minimum atomic E-state index is -0.0716. The second-order valence-electron chi connectivity index (χ2n) is 19.7. The van der Waals surface area contributed by atoms with Crippen molar-refractivity contribution in [3.8, 4) is 22.3 Å². The van der Waals surface area contributed by atoms with Crippen LogP contribution in [0.25, 0.3) is 64.0 Å². The van der Waals surface area contributed by atoms with Crippen LogP contribution in [0, 0.1) is 6.92 Å². The molecule has 0 spiro atoms. The standard InChI is InChI=1S/C59H47BN2S/c1-36-29-46-55-50(25-26-53-56(55)45-31-39-15-9-12-18-42(39)34-54(45)63-53)62(43-21-19-38(20-22-43)37-13-7-6-8-14-37)60-49-32-40-16-10-11-17-41(40)33-51(49)61(52(30-36)57(46)60)44-23-24-47-48(35-44)59(4,5)28-27-58(47,2)3/h6-26,29-35H,27-28H2,1-5H3. The summed E-state index contributed by atoms with van der Waals surface area (Å²) in [5, 5.41) is 7.76. The number of thiophene rings is 1. The molecule has 0 saturated heterocycles. The highest BCUT2D eigenvalue weighted by Crippen LogP contribution is 2.54. The van der Waals surface area contributed by atoms with Gasteiger partial charge in [-0.3, -0.25) is 0 Å². The highest BCUT2D eigenvalue weighted by Gasteiger charge is 2.46. The predicted octanol–water partition coefficient (Wildman–Crippen LogP) is 15.4. The van der Waals surface area contributed by atoms with E-state index >= 15 is 0 Å².